The molecule has 1 N–H and O–H groups in total. The number of halogens is 1. The van der Waals surface area contributed by atoms with Crippen LogP contribution in [0.4, 0.5) is 10.7 Å². The van der Waals surface area contributed by atoms with E-state index in [4.69, 9.17) is 14.5 Å². The van der Waals surface area contributed by atoms with Gasteiger partial charge in [0.05, 0.1) is 12.1 Å². The normalized spacial score (nSPS) is 27.4. The molecular formula is C22H31BrN6O4. The number of ether oxygens (including phenoxy) is 2. The van der Waals surface area contributed by atoms with E-state index < -0.39 is 11.7 Å². The molecule has 2 aromatic heterocycles. The number of nitrogens with zero attached hydrogens (tertiary/aromatic N) is 5. The van der Waals surface area contributed by atoms with E-state index in [-0.39, 0.29) is 29.9 Å². The van der Waals surface area contributed by atoms with Crippen LogP contribution in [0.15, 0.2) is 9.40 Å². The van der Waals surface area contributed by atoms with Gasteiger partial charge in [-0.2, -0.15) is 10.1 Å². The van der Waals surface area contributed by atoms with Crippen LogP contribution in [0.5, 0.6) is 0 Å². The summed E-state index contributed by atoms with van der Waals surface area (Å²) in [5.41, 5.74) is -0.160. The zero-order valence-corrected chi connectivity index (χ0v) is 21.1. The largest absolute Gasteiger partial charge is 0.444 e. The fourth-order valence-corrected chi connectivity index (χ4v) is 5.90. The molecule has 5 rings (SSSR count). The van der Waals surface area contributed by atoms with Gasteiger partial charge in [0, 0.05) is 19.7 Å². The molecule has 1 amide bonds. The van der Waals surface area contributed by atoms with Gasteiger partial charge < -0.3 is 19.7 Å². The van der Waals surface area contributed by atoms with Crippen molar-refractivity contribution in [3.8, 4) is 0 Å². The summed E-state index contributed by atoms with van der Waals surface area (Å²) in [5.74, 6) is 0.609. The second kappa shape index (κ2) is 8.26. The van der Waals surface area contributed by atoms with Crippen LogP contribution >= 0.6 is 15.9 Å². The Hall–Kier alpha value is -2.14. The highest BCUT2D eigenvalue weighted by Crippen LogP contribution is 2.41. The van der Waals surface area contributed by atoms with Crippen molar-refractivity contribution in [3.05, 3.63) is 15.0 Å². The van der Waals surface area contributed by atoms with Crippen LogP contribution in [0.25, 0.3) is 11.0 Å². The molecule has 3 saturated heterocycles. The molecule has 3 aliphatic heterocycles. The predicted octanol–water partition coefficient (Wildman–Crippen LogP) is 3.23. The Morgan fingerprint density at radius 3 is 2.73 bits per heavy atom. The highest BCUT2D eigenvalue weighted by Gasteiger charge is 2.49. The molecule has 5 heterocycles. The standard InChI is InChI=1S/C22H31BrN6O4/c1-22(2,3)33-21(31)24-13-11-12-8-9-14(13)28(12)20-25-18-16(19(30)27(20)4)17(23)26-29(18)15-7-5-6-10-32-15/h12-15H,5-11H2,1-4H3,(H,24,31)/t12?,13-,14-,15?/m1/s1. The molecule has 10 nitrogen and oxygen atoms in total. The van der Waals surface area contributed by atoms with Crippen LogP contribution in [0.1, 0.15) is 65.5 Å². The highest BCUT2D eigenvalue weighted by atomic mass is 79.9. The van der Waals surface area contributed by atoms with E-state index in [0.717, 1.165) is 38.5 Å². The summed E-state index contributed by atoms with van der Waals surface area (Å²) >= 11 is 3.46. The van der Waals surface area contributed by atoms with E-state index in [1.54, 1.807) is 16.3 Å². The van der Waals surface area contributed by atoms with E-state index in [9.17, 15) is 9.59 Å². The summed E-state index contributed by atoms with van der Waals surface area (Å²) in [4.78, 5) is 32.9. The summed E-state index contributed by atoms with van der Waals surface area (Å²) < 4.78 is 15.2. The first-order valence-electron chi connectivity index (χ1n) is 11.7. The van der Waals surface area contributed by atoms with Crippen molar-refractivity contribution in [1.82, 2.24) is 24.6 Å². The lowest BCUT2D eigenvalue weighted by Gasteiger charge is -2.28. The highest BCUT2D eigenvalue weighted by molar-refractivity contribution is 9.10. The van der Waals surface area contributed by atoms with Crippen LogP contribution < -0.4 is 15.8 Å². The second-order valence-electron chi connectivity index (χ2n) is 10.2. The molecule has 0 aliphatic carbocycles. The van der Waals surface area contributed by atoms with Crippen molar-refractivity contribution < 1.29 is 14.3 Å². The number of fused-ring (bicyclic) bond motifs is 3. The SMILES string of the molecule is Cn1c(N2C3CC[C@@H]2[C@H](NC(=O)OC(C)(C)C)C3)nc2c(c(Br)nn2C2CCCCO2)c1=O. The molecule has 0 radical (unpaired) electrons. The maximum atomic E-state index is 13.4. The third-order valence-electron chi connectivity index (χ3n) is 6.77. The first-order chi connectivity index (χ1) is 15.6. The maximum Gasteiger partial charge on any atom is 0.407 e. The van der Waals surface area contributed by atoms with Crippen molar-refractivity contribution in [1.29, 1.82) is 0 Å². The van der Waals surface area contributed by atoms with E-state index in [1.807, 2.05) is 20.8 Å². The van der Waals surface area contributed by atoms with Gasteiger partial charge >= 0.3 is 6.09 Å². The Bertz CT molecular complexity index is 1130. The molecule has 33 heavy (non-hydrogen) atoms. The number of alkyl carbamates (subject to hydrolysis) is 1. The number of hydrogen-bond donors (Lipinski definition) is 1. The maximum absolute atomic E-state index is 13.4. The Morgan fingerprint density at radius 1 is 1.24 bits per heavy atom. The van der Waals surface area contributed by atoms with Gasteiger partial charge in [0.1, 0.15) is 15.6 Å². The van der Waals surface area contributed by atoms with Crippen LogP contribution in [-0.4, -0.2) is 55.8 Å². The number of hydrogen-bond acceptors (Lipinski definition) is 7. The Labute approximate surface area is 200 Å². The van der Waals surface area contributed by atoms with Crippen molar-refractivity contribution in [2.24, 2.45) is 7.05 Å². The van der Waals surface area contributed by atoms with Crippen molar-refractivity contribution in [2.45, 2.75) is 89.3 Å². The first kappa shape index (κ1) is 22.6. The monoisotopic (exact) mass is 522 g/mol. The summed E-state index contributed by atoms with van der Waals surface area (Å²) in [5, 5.41) is 8.07. The number of aromatic nitrogens is 4. The first-order valence-corrected chi connectivity index (χ1v) is 12.5. The molecule has 0 spiro atoms. The Balaban J connectivity index is 1.49. The van der Waals surface area contributed by atoms with Crippen LogP contribution in [0, 0.1) is 0 Å². The van der Waals surface area contributed by atoms with Gasteiger partial charge in [0.25, 0.3) is 5.56 Å². The Morgan fingerprint density at radius 2 is 2.03 bits per heavy atom. The van der Waals surface area contributed by atoms with Crippen molar-refractivity contribution in [2.75, 3.05) is 11.5 Å². The predicted molar refractivity (Wildman–Crippen MR) is 126 cm³/mol. The zero-order valence-electron chi connectivity index (χ0n) is 19.5. The molecule has 180 valence electrons. The molecule has 2 bridgehead atoms. The second-order valence-corrected chi connectivity index (χ2v) is 11.0. The molecule has 3 fully saturated rings. The van der Waals surface area contributed by atoms with Gasteiger partial charge in [-0.25, -0.2) is 9.48 Å². The molecule has 3 aliphatic rings. The molecule has 4 atom stereocenters. The van der Waals surface area contributed by atoms with Gasteiger partial charge in [-0.1, -0.05) is 0 Å². The lowest BCUT2D eigenvalue weighted by Crippen LogP contribution is -2.46. The zero-order chi connectivity index (χ0) is 23.5. The third-order valence-corrected chi connectivity index (χ3v) is 7.32. The van der Waals surface area contributed by atoms with E-state index in [0.29, 0.717) is 28.2 Å². The van der Waals surface area contributed by atoms with E-state index >= 15 is 0 Å². The summed E-state index contributed by atoms with van der Waals surface area (Å²) in [6.45, 7) is 6.24. The minimum Gasteiger partial charge on any atom is -0.444 e. The summed E-state index contributed by atoms with van der Waals surface area (Å²) in [6, 6.07) is 0.213. The molecule has 0 saturated carbocycles. The minimum absolute atomic E-state index is 0.0514. The van der Waals surface area contributed by atoms with Gasteiger partial charge in [-0.05, 0) is 75.2 Å². The molecular weight excluding hydrogens is 492 g/mol. The number of rotatable bonds is 3. The fraction of sp³-hybridized carbons (Fsp3) is 0.727. The topological polar surface area (TPSA) is 104 Å². The minimum atomic E-state index is -0.551. The molecule has 11 heteroatoms. The molecule has 2 aromatic rings. The van der Waals surface area contributed by atoms with Crippen LogP contribution in [0.3, 0.4) is 0 Å². The van der Waals surface area contributed by atoms with Gasteiger partial charge in [-0.3, -0.25) is 9.36 Å². The van der Waals surface area contributed by atoms with Gasteiger partial charge in [0.2, 0.25) is 5.95 Å². The smallest absolute Gasteiger partial charge is 0.407 e. The lowest BCUT2D eigenvalue weighted by atomic mass is 9.96. The van der Waals surface area contributed by atoms with Crippen LogP contribution in [0.2, 0.25) is 0 Å². The van der Waals surface area contributed by atoms with E-state index in [2.05, 4.69) is 31.2 Å². The van der Waals surface area contributed by atoms with E-state index in [1.165, 1.54) is 0 Å². The number of nitrogens with one attached hydrogen (secondary N) is 1. The molecule has 0 aromatic carbocycles. The Kier molecular flexibility index (Phi) is 5.67. The van der Waals surface area contributed by atoms with Crippen molar-refractivity contribution >= 4 is 39.0 Å². The van der Waals surface area contributed by atoms with Gasteiger partial charge in [-0.15, -0.1) is 0 Å². The fourth-order valence-electron chi connectivity index (χ4n) is 5.38. The number of amides is 1. The summed E-state index contributed by atoms with van der Waals surface area (Å²) in [6.07, 6.45) is 5.01. The summed E-state index contributed by atoms with van der Waals surface area (Å²) in [7, 11) is 1.75. The number of carbonyl (C=O) groups is 1. The van der Waals surface area contributed by atoms with Crippen LogP contribution in [-0.2, 0) is 16.5 Å². The van der Waals surface area contributed by atoms with Crippen molar-refractivity contribution in [3.63, 3.8) is 0 Å². The third kappa shape index (κ3) is 4.03. The average molecular weight is 523 g/mol. The number of carbonyl (C=O) groups excluding carboxylic acids is 1. The van der Waals surface area contributed by atoms with Gasteiger partial charge in [0.15, 0.2) is 11.9 Å². The number of anilines is 1. The quantitative estimate of drug-likeness (QED) is 0.659. The average Bonchev–Trinajstić information content (AvgIpc) is 3.40. The molecule has 2 unspecified atom stereocenters. The lowest BCUT2D eigenvalue weighted by molar-refractivity contribution is -0.0371.